The fourth-order valence-corrected chi connectivity index (χ4v) is 5.18. The lowest BCUT2D eigenvalue weighted by Gasteiger charge is -2.21. The standard InChI is InChI=1S/C22H30N2O3.C14H19N3O3.C2H6/c1-16(13-14-19(23-2)17-9-6-5-7-10-17)24-21(25)15-18-11-8-12-20(26-3)22(18)27-4;1-19-11-6-3-5-10(14(11)20-2)9-13(18)17-12(16)7-4-8-15;1-2/h8,11-14,17H,1,5-7,9-10,15H2,2-4H3,(H,24,25);3-8H,9,15-16H2,1-2H3,(H,17,18);1-2H3/b14-13-,23-19?;8-4-,12-7+;. The zero-order valence-electron chi connectivity index (χ0n) is 30.1. The highest BCUT2D eigenvalue weighted by Gasteiger charge is 2.17. The number of carbonyl (C=O) groups is 2. The monoisotopic (exact) mass is 677 g/mol. The maximum atomic E-state index is 12.4. The molecule has 0 radical (unpaired) electrons. The molecule has 2 aromatic carbocycles. The van der Waals surface area contributed by atoms with E-state index in [1.165, 1.54) is 57.6 Å². The van der Waals surface area contributed by atoms with Gasteiger partial charge in [-0.3, -0.25) is 14.6 Å². The number of rotatable bonds is 14. The van der Waals surface area contributed by atoms with E-state index < -0.39 is 0 Å². The van der Waals surface area contributed by atoms with Gasteiger partial charge in [0.2, 0.25) is 11.8 Å². The molecule has 0 heterocycles. The minimum atomic E-state index is -0.254. The van der Waals surface area contributed by atoms with Crippen molar-refractivity contribution in [1.29, 1.82) is 0 Å². The van der Waals surface area contributed by atoms with Crippen LogP contribution in [0.15, 0.2) is 90.0 Å². The topological polar surface area (TPSA) is 160 Å². The number of amides is 2. The lowest BCUT2D eigenvalue weighted by atomic mass is 9.85. The van der Waals surface area contributed by atoms with Gasteiger partial charge in [-0.15, -0.1) is 0 Å². The Kier molecular flexibility index (Phi) is 20.5. The van der Waals surface area contributed by atoms with E-state index in [-0.39, 0.29) is 30.5 Å². The molecule has 6 N–H and O–H groups in total. The fourth-order valence-electron chi connectivity index (χ4n) is 5.18. The van der Waals surface area contributed by atoms with Crippen LogP contribution in [0.3, 0.4) is 0 Å². The number of nitrogens with two attached hydrogens (primary N) is 2. The summed E-state index contributed by atoms with van der Waals surface area (Å²) in [5.41, 5.74) is 13.9. The van der Waals surface area contributed by atoms with E-state index in [1.54, 1.807) is 45.6 Å². The van der Waals surface area contributed by atoms with E-state index in [4.69, 9.17) is 30.4 Å². The van der Waals surface area contributed by atoms with Gasteiger partial charge in [-0.05, 0) is 55.5 Å². The molecule has 268 valence electrons. The van der Waals surface area contributed by atoms with Crippen LogP contribution in [0, 0.1) is 5.92 Å². The van der Waals surface area contributed by atoms with Crippen LogP contribution in [0.25, 0.3) is 0 Å². The van der Waals surface area contributed by atoms with Crippen molar-refractivity contribution in [1.82, 2.24) is 10.6 Å². The maximum Gasteiger partial charge on any atom is 0.230 e. The van der Waals surface area contributed by atoms with Crippen molar-refractivity contribution >= 4 is 17.5 Å². The molecule has 49 heavy (non-hydrogen) atoms. The highest BCUT2D eigenvalue weighted by molar-refractivity contribution is 5.97. The summed E-state index contributed by atoms with van der Waals surface area (Å²) in [5.74, 6) is 2.64. The minimum absolute atomic E-state index is 0.126. The Morgan fingerprint density at radius 1 is 0.837 bits per heavy atom. The summed E-state index contributed by atoms with van der Waals surface area (Å²) in [7, 11) is 8.04. The number of para-hydroxylation sites is 2. The van der Waals surface area contributed by atoms with Gasteiger partial charge in [0.25, 0.3) is 0 Å². The molecule has 2 aromatic rings. The molecule has 3 rings (SSSR count). The second-order valence-corrected chi connectivity index (χ2v) is 10.6. The number of nitrogens with zero attached hydrogens (tertiary/aromatic N) is 1. The molecule has 2 amide bonds. The first-order chi connectivity index (χ1) is 23.7. The molecule has 0 unspecified atom stereocenters. The summed E-state index contributed by atoms with van der Waals surface area (Å²) in [6.45, 7) is 7.93. The number of aliphatic imine (C=N–C) groups is 1. The molecule has 0 aromatic heterocycles. The molecule has 11 nitrogen and oxygen atoms in total. The molecule has 11 heteroatoms. The molecular weight excluding hydrogens is 622 g/mol. The number of ether oxygens (including phenoxy) is 4. The third-order valence-corrected chi connectivity index (χ3v) is 7.38. The molecule has 1 fully saturated rings. The molecule has 1 aliphatic carbocycles. The highest BCUT2D eigenvalue weighted by atomic mass is 16.5. The van der Waals surface area contributed by atoms with Crippen molar-refractivity contribution in [3.05, 3.63) is 96.1 Å². The predicted molar refractivity (Wildman–Crippen MR) is 198 cm³/mol. The van der Waals surface area contributed by atoms with E-state index in [1.807, 2.05) is 45.2 Å². The Hall–Kier alpha value is -5.19. The normalized spacial score (nSPS) is 13.4. The molecular formula is C38H55N5O6. The van der Waals surface area contributed by atoms with E-state index in [2.05, 4.69) is 22.2 Å². The van der Waals surface area contributed by atoms with Crippen LogP contribution in [0.4, 0.5) is 0 Å². The molecule has 1 saturated carbocycles. The first-order valence-corrected chi connectivity index (χ1v) is 16.4. The van der Waals surface area contributed by atoms with E-state index in [0.717, 1.165) is 11.3 Å². The van der Waals surface area contributed by atoms with Gasteiger partial charge in [0.15, 0.2) is 23.0 Å². The number of carbonyl (C=O) groups excluding carboxylic acids is 2. The average Bonchev–Trinajstić information content (AvgIpc) is 3.12. The van der Waals surface area contributed by atoms with Crippen molar-refractivity contribution in [2.45, 2.75) is 58.8 Å². The van der Waals surface area contributed by atoms with E-state index >= 15 is 0 Å². The van der Waals surface area contributed by atoms with Gasteiger partial charge >= 0.3 is 0 Å². The lowest BCUT2D eigenvalue weighted by molar-refractivity contribution is -0.120. The van der Waals surface area contributed by atoms with Crippen LogP contribution < -0.4 is 41.0 Å². The zero-order valence-corrected chi connectivity index (χ0v) is 30.1. The fraction of sp³-hybridized carbons (Fsp3) is 0.395. The van der Waals surface area contributed by atoms with Crippen LogP contribution in [-0.2, 0) is 22.4 Å². The number of methoxy groups -OCH3 is 4. The van der Waals surface area contributed by atoms with Gasteiger partial charge in [-0.2, -0.15) is 0 Å². The Morgan fingerprint density at radius 3 is 1.80 bits per heavy atom. The average molecular weight is 678 g/mol. The van der Waals surface area contributed by atoms with Crippen LogP contribution in [-0.4, -0.2) is 53.0 Å². The Balaban J connectivity index is 0.000000486. The smallest absolute Gasteiger partial charge is 0.230 e. The van der Waals surface area contributed by atoms with Crippen molar-refractivity contribution in [2.75, 3.05) is 35.5 Å². The van der Waals surface area contributed by atoms with Crippen LogP contribution in [0.5, 0.6) is 23.0 Å². The number of hydrogen-bond donors (Lipinski definition) is 4. The Labute approximate surface area is 292 Å². The Bertz CT molecular complexity index is 1460. The zero-order chi connectivity index (χ0) is 36.6. The van der Waals surface area contributed by atoms with E-state index in [9.17, 15) is 9.59 Å². The molecule has 0 saturated heterocycles. The largest absolute Gasteiger partial charge is 0.493 e. The van der Waals surface area contributed by atoms with Gasteiger partial charge in [-0.25, -0.2) is 0 Å². The third-order valence-electron chi connectivity index (χ3n) is 7.38. The quantitative estimate of drug-likeness (QED) is 0.145. The summed E-state index contributed by atoms with van der Waals surface area (Å²) < 4.78 is 21.1. The first kappa shape index (κ1) is 41.8. The molecule has 0 bridgehead atoms. The van der Waals surface area contributed by atoms with E-state index in [0.29, 0.717) is 40.2 Å². The van der Waals surface area contributed by atoms with Gasteiger partial charge in [0.1, 0.15) is 5.82 Å². The highest BCUT2D eigenvalue weighted by Crippen LogP contribution is 2.32. The second kappa shape index (κ2) is 24.0. The third kappa shape index (κ3) is 14.6. The number of nitrogens with one attached hydrogen (secondary N) is 2. The predicted octanol–water partition coefficient (Wildman–Crippen LogP) is 5.74. The number of benzene rings is 2. The van der Waals surface area contributed by atoms with Gasteiger partial charge in [-0.1, -0.05) is 64.0 Å². The maximum absolute atomic E-state index is 12.4. The minimum Gasteiger partial charge on any atom is -0.493 e. The SMILES string of the molecule is C=C(/C=C\C(=NC)C1CCCCC1)NC(=O)Cc1cccc(OC)c1OC.CC.COc1cccc(CC(=O)N/C(N)=C/C=C\N)c1OC. The van der Waals surface area contributed by atoms with Crippen molar-refractivity contribution < 1.29 is 28.5 Å². The summed E-state index contributed by atoms with van der Waals surface area (Å²) >= 11 is 0. The molecule has 0 aliphatic heterocycles. The van der Waals surface area contributed by atoms with Gasteiger partial charge in [0.05, 0.1) is 41.3 Å². The molecule has 0 spiro atoms. The summed E-state index contributed by atoms with van der Waals surface area (Å²) in [6.07, 6.45) is 14.7. The van der Waals surface area contributed by atoms with Crippen LogP contribution >= 0.6 is 0 Å². The van der Waals surface area contributed by atoms with Crippen LogP contribution in [0.2, 0.25) is 0 Å². The summed E-state index contributed by atoms with van der Waals surface area (Å²) in [5, 5.41) is 5.38. The number of hydrogen-bond acceptors (Lipinski definition) is 9. The molecule has 1 aliphatic rings. The van der Waals surface area contributed by atoms with Crippen molar-refractivity contribution in [2.24, 2.45) is 22.4 Å². The second-order valence-electron chi connectivity index (χ2n) is 10.6. The van der Waals surface area contributed by atoms with Gasteiger partial charge in [0, 0.05) is 35.5 Å². The van der Waals surface area contributed by atoms with Crippen LogP contribution in [0.1, 0.15) is 57.1 Å². The summed E-state index contributed by atoms with van der Waals surface area (Å²) in [6, 6.07) is 10.8. The lowest BCUT2D eigenvalue weighted by Crippen LogP contribution is -2.28. The summed E-state index contributed by atoms with van der Waals surface area (Å²) in [4.78, 5) is 28.7. The molecule has 0 atom stereocenters. The first-order valence-electron chi connectivity index (χ1n) is 16.4. The number of allylic oxidation sites excluding steroid dienone is 4. The van der Waals surface area contributed by atoms with Crippen molar-refractivity contribution in [3.8, 4) is 23.0 Å². The van der Waals surface area contributed by atoms with Crippen molar-refractivity contribution in [3.63, 3.8) is 0 Å². The Morgan fingerprint density at radius 2 is 1.35 bits per heavy atom. The van der Waals surface area contributed by atoms with Gasteiger partial charge < -0.3 is 41.0 Å².